The van der Waals surface area contributed by atoms with Gasteiger partial charge >= 0.3 is 0 Å². The topological polar surface area (TPSA) is 38.0 Å². The van der Waals surface area contributed by atoms with Gasteiger partial charge in [0.15, 0.2) is 0 Å². The molecule has 0 heterocycles. The van der Waals surface area contributed by atoms with Gasteiger partial charge < -0.3 is 0 Å². The van der Waals surface area contributed by atoms with E-state index in [1.165, 1.54) is 18.2 Å². The lowest BCUT2D eigenvalue weighted by molar-refractivity contribution is 0.544. The molecule has 5 heteroatoms. The monoisotopic (exact) mass is 342 g/mol. The van der Waals surface area contributed by atoms with E-state index in [-0.39, 0.29) is 11.9 Å². The number of hydrazine groups is 1. The second-order valence-electron chi connectivity index (χ2n) is 4.22. The van der Waals surface area contributed by atoms with Gasteiger partial charge in [0.1, 0.15) is 5.82 Å². The molecule has 19 heavy (non-hydrogen) atoms. The molecule has 0 aliphatic heterocycles. The van der Waals surface area contributed by atoms with Crippen molar-refractivity contribution in [2.45, 2.75) is 12.5 Å². The summed E-state index contributed by atoms with van der Waals surface area (Å²) in [5.41, 5.74) is 4.43. The molecule has 0 aliphatic carbocycles. The molecule has 0 radical (unpaired) electrons. The van der Waals surface area contributed by atoms with E-state index in [9.17, 15) is 4.39 Å². The third-order valence-corrected chi connectivity index (χ3v) is 3.70. The van der Waals surface area contributed by atoms with Crippen molar-refractivity contribution in [2.75, 3.05) is 0 Å². The van der Waals surface area contributed by atoms with E-state index in [4.69, 9.17) is 17.4 Å². The van der Waals surface area contributed by atoms with Crippen molar-refractivity contribution in [2.24, 2.45) is 5.84 Å². The summed E-state index contributed by atoms with van der Waals surface area (Å²) < 4.78 is 14.3. The van der Waals surface area contributed by atoms with Crippen LogP contribution in [-0.2, 0) is 6.42 Å². The average Bonchev–Trinajstić information content (AvgIpc) is 2.39. The van der Waals surface area contributed by atoms with Crippen LogP contribution in [0.3, 0.4) is 0 Å². The van der Waals surface area contributed by atoms with Crippen LogP contribution in [0.5, 0.6) is 0 Å². The van der Waals surface area contributed by atoms with Crippen LogP contribution in [0.25, 0.3) is 0 Å². The van der Waals surface area contributed by atoms with E-state index in [1.807, 2.05) is 24.3 Å². The Morgan fingerprint density at radius 1 is 1.26 bits per heavy atom. The third kappa shape index (κ3) is 3.76. The predicted molar refractivity (Wildman–Crippen MR) is 79.3 cm³/mol. The first kappa shape index (κ1) is 14.5. The molecule has 2 aromatic carbocycles. The molecule has 0 bridgehead atoms. The van der Waals surface area contributed by atoms with Crippen molar-refractivity contribution in [3.8, 4) is 0 Å². The van der Waals surface area contributed by atoms with Crippen LogP contribution >= 0.6 is 27.5 Å². The van der Waals surface area contributed by atoms with Gasteiger partial charge in [-0.05, 0) is 47.9 Å². The van der Waals surface area contributed by atoms with Gasteiger partial charge in [0.25, 0.3) is 0 Å². The Morgan fingerprint density at radius 3 is 2.74 bits per heavy atom. The number of nitrogens with two attached hydrogens (primary N) is 1. The fraction of sp³-hybridized carbons (Fsp3) is 0.143. The summed E-state index contributed by atoms with van der Waals surface area (Å²) in [7, 11) is 0. The quantitative estimate of drug-likeness (QED) is 0.651. The van der Waals surface area contributed by atoms with Crippen LogP contribution in [-0.4, -0.2) is 0 Å². The molecule has 0 aromatic heterocycles. The first-order valence-electron chi connectivity index (χ1n) is 5.75. The molecule has 0 aliphatic rings. The van der Waals surface area contributed by atoms with Crippen LogP contribution in [0, 0.1) is 5.82 Å². The molecule has 2 rings (SSSR count). The lowest BCUT2D eigenvalue weighted by atomic mass is 9.99. The molecule has 100 valence electrons. The molecular formula is C14H13BrClFN2. The normalized spacial score (nSPS) is 12.4. The fourth-order valence-corrected chi connectivity index (χ4v) is 2.64. The fourth-order valence-electron chi connectivity index (χ4n) is 1.94. The standard InChI is InChI=1S/C14H13BrClFN2/c15-10-3-1-2-9(6-10)7-14(19-18)12-8-11(17)4-5-13(12)16/h1-6,8,14,19H,7,18H2. The molecule has 0 spiro atoms. The molecule has 2 nitrogen and oxygen atoms in total. The van der Waals surface area contributed by atoms with Gasteiger partial charge in [-0.15, -0.1) is 0 Å². The van der Waals surface area contributed by atoms with E-state index in [2.05, 4.69) is 21.4 Å². The van der Waals surface area contributed by atoms with E-state index in [0.717, 1.165) is 10.0 Å². The summed E-state index contributed by atoms with van der Waals surface area (Å²) in [6, 6.07) is 11.9. The van der Waals surface area contributed by atoms with Crippen molar-refractivity contribution in [1.29, 1.82) is 0 Å². The Balaban J connectivity index is 2.27. The van der Waals surface area contributed by atoms with Crippen LogP contribution in [0.1, 0.15) is 17.2 Å². The molecule has 3 N–H and O–H groups in total. The van der Waals surface area contributed by atoms with E-state index in [1.54, 1.807) is 0 Å². The zero-order chi connectivity index (χ0) is 13.8. The summed E-state index contributed by atoms with van der Waals surface area (Å²) >= 11 is 9.51. The van der Waals surface area contributed by atoms with Gasteiger partial charge in [0.05, 0.1) is 6.04 Å². The molecule has 0 saturated carbocycles. The van der Waals surface area contributed by atoms with Crippen LogP contribution in [0.2, 0.25) is 5.02 Å². The smallest absolute Gasteiger partial charge is 0.123 e. The summed E-state index contributed by atoms with van der Waals surface area (Å²) in [5, 5.41) is 0.499. The zero-order valence-corrected chi connectivity index (χ0v) is 12.4. The molecule has 1 atom stereocenters. The molecule has 0 amide bonds. The maximum atomic E-state index is 13.3. The minimum Gasteiger partial charge on any atom is -0.271 e. The van der Waals surface area contributed by atoms with Crippen molar-refractivity contribution in [3.05, 3.63) is 68.9 Å². The minimum absolute atomic E-state index is 0.238. The van der Waals surface area contributed by atoms with Gasteiger partial charge in [-0.1, -0.05) is 39.7 Å². The van der Waals surface area contributed by atoms with Crippen LogP contribution in [0.4, 0.5) is 4.39 Å². The maximum absolute atomic E-state index is 13.3. The molecule has 0 fully saturated rings. The number of hydrogen-bond donors (Lipinski definition) is 2. The van der Waals surface area contributed by atoms with Gasteiger partial charge in [0, 0.05) is 9.50 Å². The Bertz CT molecular complexity index is 577. The largest absolute Gasteiger partial charge is 0.271 e. The zero-order valence-electron chi connectivity index (χ0n) is 10.0. The number of hydrogen-bond acceptors (Lipinski definition) is 2. The highest BCUT2D eigenvalue weighted by atomic mass is 79.9. The van der Waals surface area contributed by atoms with Crippen molar-refractivity contribution < 1.29 is 4.39 Å². The number of halogens is 3. The summed E-state index contributed by atoms with van der Waals surface area (Å²) in [4.78, 5) is 0. The third-order valence-electron chi connectivity index (χ3n) is 2.86. The summed E-state index contributed by atoms with van der Waals surface area (Å²) in [6.45, 7) is 0. The van der Waals surface area contributed by atoms with Crippen LogP contribution < -0.4 is 11.3 Å². The predicted octanol–water partition coefficient (Wildman–Crippen LogP) is 3.99. The number of benzene rings is 2. The Hall–Kier alpha value is -0.940. The highest BCUT2D eigenvalue weighted by Gasteiger charge is 2.15. The van der Waals surface area contributed by atoms with Crippen molar-refractivity contribution >= 4 is 27.5 Å². The first-order chi connectivity index (χ1) is 9.10. The second-order valence-corrected chi connectivity index (χ2v) is 5.54. The molecule has 0 saturated heterocycles. The minimum atomic E-state index is -0.325. The molecular weight excluding hydrogens is 331 g/mol. The van der Waals surface area contributed by atoms with Gasteiger partial charge in [-0.25, -0.2) is 4.39 Å². The van der Waals surface area contributed by atoms with E-state index < -0.39 is 0 Å². The van der Waals surface area contributed by atoms with Gasteiger partial charge in [-0.3, -0.25) is 11.3 Å². The Labute approximate surface area is 124 Å². The Morgan fingerprint density at radius 2 is 2.05 bits per heavy atom. The lowest BCUT2D eigenvalue weighted by Crippen LogP contribution is -2.29. The first-order valence-corrected chi connectivity index (χ1v) is 6.93. The second kappa shape index (κ2) is 6.48. The number of rotatable bonds is 4. The maximum Gasteiger partial charge on any atom is 0.123 e. The average molecular weight is 344 g/mol. The van der Waals surface area contributed by atoms with E-state index in [0.29, 0.717) is 17.0 Å². The Kier molecular flexibility index (Phi) is 4.93. The highest BCUT2D eigenvalue weighted by Crippen LogP contribution is 2.26. The van der Waals surface area contributed by atoms with Crippen molar-refractivity contribution in [3.63, 3.8) is 0 Å². The lowest BCUT2D eigenvalue weighted by Gasteiger charge is -2.18. The van der Waals surface area contributed by atoms with Crippen LogP contribution in [0.15, 0.2) is 46.9 Å². The summed E-state index contributed by atoms with van der Waals surface area (Å²) in [6.07, 6.45) is 0.624. The van der Waals surface area contributed by atoms with Gasteiger partial charge in [-0.2, -0.15) is 0 Å². The van der Waals surface area contributed by atoms with Crippen molar-refractivity contribution in [1.82, 2.24) is 5.43 Å². The van der Waals surface area contributed by atoms with Gasteiger partial charge in [0.2, 0.25) is 0 Å². The number of nitrogens with one attached hydrogen (secondary N) is 1. The highest BCUT2D eigenvalue weighted by molar-refractivity contribution is 9.10. The SMILES string of the molecule is NNC(Cc1cccc(Br)c1)c1cc(F)ccc1Cl. The molecule has 1 unspecified atom stereocenters. The molecule has 2 aromatic rings. The summed E-state index contributed by atoms with van der Waals surface area (Å²) in [5.74, 6) is 5.24. The van der Waals surface area contributed by atoms with E-state index >= 15 is 0 Å².